The molecule has 48 valence electrons. The fourth-order valence-electron chi connectivity index (χ4n) is 1.10. The molecule has 2 rings (SSSR count). The quantitative estimate of drug-likeness (QED) is 0.506. The Hall–Kier alpha value is -0.310. The Morgan fingerprint density at radius 3 is 3.22 bits per heavy atom. The Morgan fingerprint density at radius 1 is 1.33 bits per heavy atom. The van der Waals surface area contributed by atoms with Crippen molar-refractivity contribution in [2.45, 2.75) is 12.8 Å². The molecule has 0 amide bonds. The van der Waals surface area contributed by atoms with Gasteiger partial charge >= 0.3 is 0 Å². The monoisotopic (exact) mass is 140 g/mol. The van der Waals surface area contributed by atoms with E-state index in [1.807, 2.05) is 11.8 Å². The first kappa shape index (κ1) is 5.47. The Labute approximate surface area is 58.4 Å². The van der Waals surface area contributed by atoms with Crippen LogP contribution in [0.5, 0.6) is 0 Å². The minimum absolute atomic E-state index is 0.909. The third kappa shape index (κ3) is 0.894. The van der Waals surface area contributed by atoms with E-state index in [2.05, 4.69) is 10.2 Å². The highest BCUT2D eigenvalue weighted by molar-refractivity contribution is 8.03. The van der Waals surface area contributed by atoms with Crippen LogP contribution >= 0.6 is 11.8 Å². The summed E-state index contributed by atoms with van der Waals surface area (Å²) in [5.74, 6) is 1.23. The average Bonchev–Trinajstić information content (AvgIpc) is 2.33. The molecule has 2 aliphatic heterocycles. The highest BCUT2D eigenvalue weighted by Crippen LogP contribution is 2.36. The van der Waals surface area contributed by atoms with Crippen molar-refractivity contribution in [3.63, 3.8) is 0 Å². The van der Waals surface area contributed by atoms with Gasteiger partial charge in [-0.1, -0.05) is 0 Å². The second kappa shape index (κ2) is 2.14. The van der Waals surface area contributed by atoms with Gasteiger partial charge in [0.15, 0.2) is 0 Å². The van der Waals surface area contributed by atoms with E-state index in [1.165, 1.54) is 16.4 Å². The highest BCUT2D eigenvalue weighted by Gasteiger charge is 2.16. The van der Waals surface area contributed by atoms with E-state index in [-0.39, 0.29) is 0 Å². The van der Waals surface area contributed by atoms with Gasteiger partial charge in [-0.05, 0) is 0 Å². The predicted octanol–water partition coefficient (Wildman–Crippen LogP) is 2.19. The SMILES string of the molecule is C1CC2=C(CCS2)N=N1. The van der Waals surface area contributed by atoms with Crippen molar-refractivity contribution < 1.29 is 0 Å². The largest absolute Gasteiger partial charge is 0.189 e. The van der Waals surface area contributed by atoms with Gasteiger partial charge < -0.3 is 0 Å². The maximum atomic E-state index is 4.08. The third-order valence-corrected chi connectivity index (χ3v) is 2.76. The van der Waals surface area contributed by atoms with Crippen molar-refractivity contribution in [1.82, 2.24) is 0 Å². The first-order chi connectivity index (χ1) is 4.47. The van der Waals surface area contributed by atoms with Crippen molar-refractivity contribution in [2.24, 2.45) is 10.2 Å². The lowest BCUT2D eigenvalue weighted by Crippen LogP contribution is -1.88. The van der Waals surface area contributed by atoms with Crippen LogP contribution in [-0.4, -0.2) is 12.3 Å². The Bertz CT molecular complexity index is 183. The molecule has 0 spiro atoms. The molecule has 0 aromatic rings. The molecule has 3 heteroatoms. The first-order valence-electron chi connectivity index (χ1n) is 3.19. The van der Waals surface area contributed by atoms with E-state index in [0.717, 1.165) is 19.4 Å². The van der Waals surface area contributed by atoms with Gasteiger partial charge in [0.2, 0.25) is 0 Å². The fourth-order valence-corrected chi connectivity index (χ4v) is 2.19. The van der Waals surface area contributed by atoms with Crippen LogP contribution < -0.4 is 0 Å². The van der Waals surface area contributed by atoms with Gasteiger partial charge in [-0.25, -0.2) is 0 Å². The number of hydrogen-bond acceptors (Lipinski definition) is 3. The number of azo groups is 1. The van der Waals surface area contributed by atoms with Crippen molar-refractivity contribution in [3.05, 3.63) is 10.6 Å². The van der Waals surface area contributed by atoms with Gasteiger partial charge in [0.25, 0.3) is 0 Å². The predicted molar refractivity (Wildman–Crippen MR) is 38.4 cm³/mol. The number of thioether (sulfide) groups is 1. The summed E-state index contributed by atoms with van der Waals surface area (Å²) in [4.78, 5) is 1.49. The van der Waals surface area contributed by atoms with Crippen LogP contribution in [0.15, 0.2) is 20.8 Å². The Morgan fingerprint density at radius 2 is 2.33 bits per heavy atom. The molecule has 0 fully saturated rings. The molecule has 0 saturated carbocycles. The molecule has 0 aromatic carbocycles. The molecule has 0 atom stereocenters. The normalized spacial score (nSPS) is 24.9. The highest BCUT2D eigenvalue weighted by atomic mass is 32.2. The third-order valence-electron chi connectivity index (χ3n) is 1.57. The average molecular weight is 140 g/mol. The lowest BCUT2D eigenvalue weighted by atomic mass is 10.2. The van der Waals surface area contributed by atoms with Crippen LogP contribution in [-0.2, 0) is 0 Å². The molecule has 0 N–H and O–H groups in total. The van der Waals surface area contributed by atoms with E-state index in [9.17, 15) is 0 Å². The maximum Gasteiger partial charge on any atom is 0.0730 e. The molecule has 0 saturated heterocycles. The molecule has 0 aliphatic carbocycles. The van der Waals surface area contributed by atoms with Gasteiger partial charge in [-0.2, -0.15) is 10.2 Å². The van der Waals surface area contributed by atoms with Gasteiger partial charge in [0, 0.05) is 23.5 Å². The Balaban J connectivity index is 2.28. The van der Waals surface area contributed by atoms with E-state index >= 15 is 0 Å². The zero-order valence-electron chi connectivity index (χ0n) is 5.13. The van der Waals surface area contributed by atoms with Gasteiger partial charge in [0.1, 0.15) is 0 Å². The number of hydrogen-bond donors (Lipinski definition) is 0. The van der Waals surface area contributed by atoms with Gasteiger partial charge in [-0.15, -0.1) is 11.8 Å². The molecule has 2 heterocycles. The summed E-state index contributed by atoms with van der Waals surface area (Å²) in [5, 5.41) is 8.05. The molecule has 2 nitrogen and oxygen atoms in total. The summed E-state index contributed by atoms with van der Waals surface area (Å²) in [6, 6.07) is 0. The van der Waals surface area contributed by atoms with Crippen molar-refractivity contribution >= 4 is 11.8 Å². The van der Waals surface area contributed by atoms with Gasteiger partial charge in [-0.3, -0.25) is 0 Å². The van der Waals surface area contributed by atoms with E-state index in [0.29, 0.717) is 0 Å². The minimum Gasteiger partial charge on any atom is -0.189 e. The fraction of sp³-hybridized carbons (Fsp3) is 0.667. The van der Waals surface area contributed by atoms with E-state index < -0.39 is 0 Å². The lowest BCUT2D eigenvalue weighted by Gasteiger charge is -2.02. The van der Waals surface area contributed by atoms with Gasteiger partial charge in [0.05, 0.1) is 12.2 Å². The molecule has 0 unspecified atom stereocenters. The van der Waals surface area contributed by atoms with Crippen molar-refractivity contribution in [1.29, 1.82) is 0 Å². The van der Waals surface area contributed by atoms with Crippen molar-refractivity contribution in [2.75, 3.05) is 12.3 Å². The molecule has 2 aliphatic rings. The topological polar surface area (TPSA) is 24.7 Å². The number of rotatable bonds is 0. The number of allylic oxidation sites excluding steroid dienone is 1. The van der Waals surface area contributed by atoms with Crippen LogP contribution in [0, 0.1) is 0 Å². The second-order valence-electron chi connectivity index (χ2n) is 2.18. The summed E-state index contributed by atoms with van der Waals surface area (Å²) in [6.07, 6.45) is 2.28. The van der Waals surface area contributed by atoms with Crippen LogP contribution in [0.4, 0.5) is 0 Å². The smallest absolute Gasteiger partial charge is 0.0730 e. The first-order valence-corrected chi connectivity index (χ1v) is 4.18. The van der Waals surface area contributed by atoms with Crippen LogP contribution in [0.1, 0.15) is 12.8 Å². The van der Waals surface area contributed by atoms with E-state index in [4.69, 9.17) is 0 Å². The zero-order valence-corrected chi connectivity index (χ0v) is 5.95. The minimum atomic E-state index is 0.909. The molecule has 0 radical (unpaired) electrons. The molecule has 0 bridgehead atoms. The zero-order chi connectivity index (χ0) is 6.10. The summed E-state index contributed by atoms with van der Waals surface area (Å²) in [5.41, 5.74) is 1.26. The standard InChI is InChI=1S/C6H8N2S/c1-3-7-8-5-2-4-9-6(1)5/h1-4H2. The molecule has 0 aromatic heterocycles. The molecular weight excluding hydrogens is 132 g/mol. The lowest BCUT2D eigenvalue weighted by molar-refractivity contribution is 0.829. The summed E-state index contributed by atoms with van der Waals surface area (Å²) in [6.45, 7) is 0.909. The van der Waals surface area contributed by atoms with Crippen LogP contribution in [0.2, 0.25) is 0 Å². The Kier molecular flexibility index (Phi) is 1.30. The number of nitrogens with zero attached hydrogens (tertiary/aromatic N) is 2. The summed E-state index contributed by atoms with van der Waals surface area (Å²) in [7, 11) is 0. The van der Waals surface area contributed by atoms with Crippen LogP contribution in [0.25, 0.3) is 0 Å². The molecular formula is C6H8N2S. The summed E-state index contributed by atoms with van der Waals surface area (Å²) < 4.78 is 0. The second-order valence-corrected chi connectivity index (χ2v) is 3.37. The van der Waals surface area contributed by atoms with E-state index in [1.54, 1.807) is 0 Å². The molecule has 9 heavy (non-hydrogen) atoms. The van der Waals surface area contributed by atoms with Crippen LogP contribution in [0.3, 0.4) is 0 Å². The van der Waals surface area contributed by atoms with Crippen molar-refractivity contribution in [3.8, 4) is 0 Å². The maximum absolute atomic E-state index is 4.08. The summed E-state index contributed by atoms with van der Waals surface area (Å²) >= 11 is 1.95.